The van der Waals surface area contributed by atoms with Crippen LogP contribution in [0.5, 0.6) is 0 Å². The van der Waals surface area contributed by atoms with Crippen LogP contribution >= 0.6 is 0 Å². The lowest BCUT2D eigenvalue weighted by Gasteiger charge is -2.16. The zero-order chi connectivity index (χ0) is 67.2. The molecule has 0 radical (unpaired) electrons. The van der Waals surface area contributed by atoms with Gasteiger partial charge in [0.2, 0.25) is 0 Å². The van der Waals surface area contributed by atoms with Crippen molar-refractivity contribution in [3.8, 4) is 136 Å². The molecule has 0 saturated heterocycles. The standard InChI is InChI=1S/C88H50N12/c1-91-71-40-55(53-89)38-65(45-71)63-34-36-81-77(51-63)75-30-15-17-32-79(75)99(81)73-47-67(43-69(49-73)87-95-83(57-20-7-3-8-21-57)93-84(96-87)58-22-9-4-10-23-58)61-28-19-29-62(42-61)68-44-70(88-97-85(59-24-11-5-12-25-59)94-86(98-88)60-26-13-6-14-27-60)50-74(48-68)100-80-33-18-16-31-76(80)78-52-64(35-37-82(78)100)66-39-56(54-90)41-72(46-66)92-2/h3-52H. The summed E-state index contributed by atoms with van der Waals surface area (Å²) in [6.07, 6.45) is 0. The van der Waals surface area contributed by atoms with Crippen LogP contribution in [0.2, 0.25) is 0 Å². The van der Waals surface area contributed by atoms with Crippen molar-refractivity contribution < 1.29 is 0 Å². The maximum absolute atomic E-state index is 10.0. The SMILES string of the molecule is [C-]#[N+]c1cc(C#N)cc(-c2ccc3c(c2)c2ccccc2n3-c2cc(-c3cccc(-c4cc(-c5nc(-c6ccccc6)nc(-c6ccccc6)n5)cc(-n5c6ccccc6c6cc(-c7cc(C#N)cc([N+]#[C-])c7)ccc65)c4)c3)cc(-c3nc(-c4ccccc4)nc(-c4ccccc4)n3)c2)c1. The highest BCUT2D eigenvalue weighted by molar-refractivity contribution is 6.12. The number of fused-ring (bicyclic) bond motifs is 6. The van der Waals surface area contributed by atoms with Crippen LogP contribution in [-0.2, 0) is 0 Å². The lowest BCUT2D eigenvalue weighted by atomic mass is 9.95. The summed E-state index contributed by atoms with van der Waals surface area (Å²) in [7, 11) is 0. The molecule has 0 aliphatic heterocycles. The molecule has 0 spiro atoms. The highest BCUT2D eigenvalue weighted by Gasteiger charge is 2.23. The van der Waals surface area contributed by atoms with Crippen LogP contribution in [0.25, 0.3) is 178 Å². The van der Waals surface area contributed by atoms with Crippen molar-refractivity contribution >= 4 is 55.0 Å². The van der Waals surface area contributed by atoms with E-state index in [-0.39, 0.29) is 0 Å². The van der Waals surface area contributed by atoms with Gasteiger partial charge in [0.1, 0.15) is 0 Å². The molecule has 0 bridgehead atoms. The van der Waals surface area contributed by atoms with E-state index in [0.717, 1.165) is 133 Å². The fourth-order valence-electron chi connectivity index (χ4n) is 13.5. The van der Waals surface area contributed by atoms with Crippen LogP contribution in [0.15, 0.2) is 303 Å². The minimum atomic E-state index is 0.400. The Kier molecular flexibility index (Phi) is 14.8. The molecule has 100 heavy (non-hydrogen) atoms. The lowest BCUT2D eigenvalue weighted by Crippen LogP contribution is -2.02. The second-order valence-electron chi connectivity index (χ2n) is 24.3. The number of hydrogen-bond acceptors (Lipinski definition) is 8. The Morgan fingerprint density at radius 2 is 0.530 bits per heavy atom. The van der Waals surface area contributed by atoms with Crippen LogP contribution < -0.4 is 0 Å². The summed E-state index contributed by atoms with van der Waals surface area (Å²) in [4.78, 5) is 38.8. The van der Waals surface area contributed by atoms with Crippen molar-refractivity contribution in [1.29, 1.82) is 10.5 Å². The molecule has 0 unspecified atom stereocenters. The lowest BCUT2D eigenvalue weighted by molar-refractivity contribution is 1.07. The number of benzene rings is 13. The van der Waals surface area contributed by atoms with E-state index in [0.29, 0.717) is 57.4 Å². The third-order valence-electron chi connectivity index (χ3n) is 18.2. The number of para-hydroxylation sites is 2. The van der Waals surface area contributed by atoms with Crippen LogP contribution in [0.1, 0.15) is 11.1 Å². The zero-order valence-corrected chi connectivity index (χ0v) is 53.2. The summed E-state index contributed by atoms with van der Waals surface area (Å²) in [5.74, 6) is 3.13. The topological polar surface area (TPSA) is 144 Å². The maximum Gasteiger partial charge on any atom is 0.189 e. The van der Waals surface area contributed by atoms with Gasteiger partial charge in [0.25, 0.3) is 0 Å². The van der Waals surface area contributed by atoms with E-state index in [2.05, 4.69) is 177 Å². The Labute approximate surface area is 574 Å². The second-order valence-corrected chi connectivity index (χ2v) is 24.3. The molecule has 0 aliphatic rings. The van der Waals surface area contributed by atoms with Gasteiger partial charge < -0.3 is 9.13 Å². The van der Waals surface area contributed by atoms with Gasteiger partial charge in [-0.25, -0.2) is 39.6 Å². The Hall–Kier alpha value is -14.6. The van der Waals surface area contributed by atoms with Gasteiger partial charge in [-0.15, -0.1) is 0 Å². The summed E-state index contributed by atoms with van der Waals surface area (Å²) in [6, 6.07) is 106. The predicted octanol–water partition coefficient (Wildman–Crippen LogP) is 21.8. The second kappa shape index (κ2) is 25.0. The summed E-state index contributed by atoms with van der Waals surface area (Å²) in [5, 5.41) is 24.1. The fraction of sp³-hybridized carbons (Fsp3) is 0. The largest absolute Gasteiger partial charge is 0.309 e. The Morgan fingerprint density at radius 3 is 0.890 bits per heavy atom. The van der Waals surface area contributed by atoms with E-state index in [1.54, 1.807) is 12.1 Å². The molecule has 17 aromatic rings. The van der Waals surface area contributed by atoms with Crippen molar-refractivity contribution in [3.63, 3.8) is 0 Å². The minimum absolute atomic E-state index is 0.400. The van der Waals surface area contributed by atoms with Gasteiger partial charge in [0.05, 0.1) is 47.3 Å². The molecule has 13 aromatic carbocycles. The van der Waals surface area contributed by atoms with Gasteiger partial charge in [-0.1, -0.05) is 188 Å². The molecule has 0 N–H and O–H groups in total. The Morgan fingerprint density at radius 1 is 0.240 bits per heavy atom. The first-order chi connectivity index (χ1) is 49.3. The number of nitrogens with zero attached hydrogens (tertiary/aromatic N) is 12. The third kappa shape index (κ3) is 11.0. The first kappa shape index (κ1) is 59.2. The number of nitriles is 2. The smallest absolute Gasteiger partial charge is 0.189 e. The van der Waals surface area contributed by atoms with Crippen LogP contribution in [-0.4, -0.2) is 39.0 Å². The van der Waals surface area contributed by atoms with E-state index in [1.165, 1.54) is 0 Å². The molecule has 4 aromatic heterocycles. The average Bonchev–Trinajstić information content (AvgIpc) is 1.58. The molecule has 12 heteroatoms. The highest BCUT2D eigenvalue weighted by atomic mass is 15.1. The summed E-state index contributed by atoms with van der Waals surface area (Å²) < 4.78 is 4.58. The van der Waals surface area contributed by atoms with Crippen LogP contribution in [0.4, 0.5) is 11.4 Å². The quantitative estimate of drug-likeness (QED) is 0.110. The van der Waals surface area contributed by atoms with E-state index in [9.17, 15) is 10.5 Å². The molecule has 0 fully saturated rings. The van der Waals surface area contributed by atoms with Gasteiger partial charge in [-0.3, -0.25) is 0 Å². The van der Waals surface area contributed by atoms with E-state index in [1.807, 2.05) is 146 Å². The number of rotatable bonds is 12. The van der Waals surface area contributed by atoms with E-state index < -0.39 is 0 Å². The van der Waals surface area contributed by atoms with Crippen molar-refractivity contribution in [2.45, 2.75) is 0 Å². The molecule has 462 valence electrons. The summed E-state index contributed by atoms with van der Waals surface area (Å²) >= 11 is 0. The molecule has 0 aliphatic carbocycles. The van der Waals surface area contributed by atoms with Crippen molar-refractivity contribution in [2.24, 2.45) is 0 Å². The summed E-state index contributed by atoms with van der Waals surface area (Å²) in [6.45, 7) is 15.7. The predicted molar refractivity (Wildman–Crippen MR) is 398 cm³/mol. The van der Waals surface area contributed by atoms with Gasteiger partial charge >= 0.3 is 0 Å². The molecule has 0 amide bonds. The molecule has 4 heterocycles. The molecule has 12 nitrogen and oxygen atoms in total. The van der Waals surface area contributed by atoms with E-state index in [4.69, 9.17) is 43.0 Å². The Bertz CT molecular complexity index is 5770. The molecular weight excluding hydrogens is 1230 g/mol. The molecule has 0 atom stereocenters. The first-order valence-electron chi connectivity index (χ1n) is 32.4. The van der Waals surface area contributed by atoms with Crippen molar-refractivity contribution in [2.75, 3.05) is 0 Å². The van der Waals surface area contributed by atoms with Crippen LogP contribution in [0, 0.1) is 35.8 Å². The molecular formula is C88H50N12. The highest BCUT2D eigenvalue weighted by Crippen LogP contribution is 2.43. The normalized spacial score (nSPS) is 11.2. The van der Waals surface area contributed by atoms with Gasteiger partial charge in [-0.05, 0) is 160 Å². The maximum atomic E-state index is 10.0. The molecule has 0 saturated carbocycles. The minimum Gasteiger partial charge on any atom is -0.309 e. The average molecular weight is 1280 g/mol. The molecule has 17 rings (SSSR count). The Balaban J connectivity index is 0.892. The summed E-state index contributed by atoms with van der Waals surface area (Å²) in [5.41, 5.74) is 19.1. The van der Waals surface area contributed by atoms with Gasteiger partial charge in [0.15, 0.2) is 46.3 Å². The first-order valence-corrected chi connectivity index (χ1v) is 32.4. The number of aromatic nitrogens is 8. The fourth-order valence-corrected chi connectivity index (χ4v) is 13.5. The van der Waals surface area contributed by atoms with Crippen molar-refractivity contribution in [3.05, 3.63) is 337 Å². The van der Waals surface area contributed by atoms with Gasteiger partial charge in [-0.2, -0.15) is 10.5 Å². The van der Waals surface area contributed by atoms with E-state index >= 15 is 0 Å². The van der Waals surface area contributed by atoms with Gasteiger partial charge in [0, 0.05) is 77.4 Å². The number of hydrogen-bond donors (Lipinski definition) is 0. The van der Waals surface area contributed by atoms with Crippen molar-refractivity contribution in [1.82, 2.24) is 39.0 Å². The third-order valence-corrected chi connectivity index (χ3v) is 18.2. The zero-order valence-electron chi connectivity index (χ0n) is 53.2. The monoisotopic (exact) mass is 1270 g/mol. The van der Waals surface area contributed by atoms with Crippen LogP contribution in [0.3, 0.4) is 0 Å².